The molecule has 3 aromatic rings. The number of carbonyl (C=O) groups is 1. The molecule has 0 saturated heterocycles. The number of furan rings is 1. The zero-order valence-corrected chi connectivity index (χ0v) is 12.4. The number of para-hydroxylation sites is 1. The third-order valence-electron chi connectivity index (χ3n) is 3.13. The van der Waals surface area contributed by atoms with E-state index in [9.17, 15) is 4.79 Å². The van der Waals surface area contributed by atoms with Crippen molar-refractivity contribution in [3.8, 4) is 0 Å². The number of rotatable bonds is 2. The molecule has 0 aliphatic carbocycles. The zero-order valence-electron chi connectivity index (χ0n) is 10.8. The van der Waals surface area contributed by atoms with Crippen molar-refractivity contribution in [3.05, 3.63) is 64.3 Å². The maximum atomic E-state index is 12.2. The van der Waals surface area contributed by atoms with E-state index in [4.69, 9.17) is 4.42 Å². The second kappa shape index (κ2) is 5.13. The highest BCUT2D eigenvalue weighted by atomic mass is 79.9. The van der Waals surface area contributed by atoms with Crippen molar-refractivity contribution in [3.63, 3.8) is 0 Å². The van der Waals surface area contributed by atoms with Gasteiger partial charge in [-0.2, -0.15) is 0 Å². The summed E-state index contributed by atoms with van der Waals surface area (Å²) in [5.41, 5.74) is 2.49. The summed E-state index contributed by atoms with van der Waals surface area (Å²) in [6, 6.07) is 15.0. The molecule has 0 fully saturated rings. The van der Waals surface area contributed by atoms with Crippen molar-refractivity contribution in [1.29, 1.82) is 0 Å². The van der Waals surface area contributed by atoms with Gasteiger partial charge in [0.05, 0.1) is 0 Å². The Morgan fingerprint density at radius 2 is 1.95 bits per heavy atom. The summed E-state index contributed by atoms with van der Waals surface area (Å²) in [6.45, 7) is 1.95. The van der Waals surface area contributed by atoms with Crippen LogP contribution in [0.4, 0.5) is 5.69 Å². The second-order valence-electron chi connectivity index (χ2n) is 4.53. The van der Waals surface area contributed by atoms with Gasteiger partial charge in [0, 0.05) is 15.5 Å². The highest BCUT2D eigenvalue weighted by Crippen LogP contribution is 2.27. The summed E-state index contributed by atoms with van der Waals surface area (Å²) < 4.78 is 6.49. The predicted molar refractivity (Wildman–Crippen MR) is 83.0 cm³/mol. The lowest BCUT2D eigenvalue weighted by Crippen LogP contribution is -2.11. The number of halogens is 1. The summed E-state index contributed by atoms with van der Waals surface area (Å²) >= 11 is 3.45. The fraction of sp³-hybridized carbons (Fsp3) is 0.0625. The van der Waals surface area contributed by atoms with Crippen LogP contribution in [0.2, 0.25) is 0 Å². The quantitative estimate of drug-likeness (QED) is 0.736. The van der Waals surface area contributed by atoms with E-state index < -0.39 is 0 Å². The number of anilines is 1. The third-order valence-corrected chi connectivity index (χ3v) is 3.82. The lowest BCUT2D eigenvalue weighted by atomic mass is 10.2. The average Bonchev–Trinajstić information content (AvgIpc) is 2.87. The van der Waals surface area contributed by atoms with Crippen LogP contribution in [0.1, 0.15) is 16.1 Å². The first kappa shape index (κ1) is 12.9. The summed E-state index contributed by atoms with van der Waals surface area (Å²) in [6.07, 6.45) is 0. The number of aryl methyl sites for hydroxylation is 1. The van der Waals surface area contributed by atoms with Crippen LogP contribution in [-0.2, 0) is 0 Å². The molecule has 0 radical (unpaired) electrons. The van der Waals surface area contributed by atoms with E-state index in [1.54, 1.807) is 6.07 Å². The largest absolute Gasteiger partial charge is 0.451 e. The van der Waals surface area contributed by atoms with Crippen LogP contribution < -0.4 is 5.32 Å². The van der Waals surface area contributed by atoms with E-state index in [2.05, 4.69) is 21.2 Å². The second-order valence-corrected chi connectivity index (χ2v) is 5.39. The van der Waals surface area contributed by atoms with Crippen molar-refractivity contribution in [2.45, 2.75) is 6.92 Å². The number of carbonyl (C=O) groups excluding carboxylic acids is 1. The number of nitrogens with one attached hydrogen (secondary N) is 1. The van der Waals surface area contributed by atoms with E-state index in [0.29, 0.717) is 11.3 Å². The Morgan fingerprint density at radius 3 is 2.70 bits per heavy atom. The first-order valence-electron chi connectivity index (χ1n) is 6.20. The van der Waals surface area contributed by atoms with E-state index in [0.717, 1.165) is 21.1 Å². The molecule has 0 aliphatic rings. The van der Waals surface area contributed by atoms with Gasteiger partial charge in [0.15, 0.2) is 5.76 Å². The highest BCUT2D eigenvalue weighted by molar-refractivity contribution is 9.10. The van der Waals surface area contributed by atoms with Gasteiger partial charge in [0.25, 0.3) is 5.91 Å². The van der Waals surface area contributed by atoms with E-state index in [1.165, 1.54) is 0 Å². The maximum absolute atomic E-state index is 12.2. The molecule has 1 heterocycles. The summed E-state index contributed by atoms with van der Waals surface area (Å²) in [5, 5.41) is 3.75. The molecule has 100 valence electrons. The predicted octanol–water partition coefficient (Wildman–Crippen LogP) is 4.76. The minimum absolute atomic E-state index is 0.248. The molecule has 0 atom stereocenters. The smallest absolute Gasteiger partial charge is 0.291 e. The average molecular weight is 330 g/mol. The van der Waals surface area contributed by atoms with Crippen LogP contribution in [0.15, 0.2) is 57.4 Å². The summed E-state index contributed by atoms with van der Waals surface area (Å²) in [4.78, 5) is 12.2. The Hall–Kier alpha value is -2.07. The van der Waals surface area contributed by atoms with Gasteiger partial charge in [-0.1, -0.05) is 40.2 Å². The van der Waals surface area contributed by atoms with Gasteiger partial charge in [-0.15, -0.1) is 0 Å². The molecular weight excluding hydrogens is 318 g/mol. The molecule has 0 bridgehead atoms. The number of amides is 1. The van der Waals surface area contributed by atoms with Crippen LogP contribution in [0.25, 0.3) is 11.0 Å². The fourth-order valence-corrected chi connectivity index (χ4v) is 2.50. The SMILES string of the molecule is Cc1ccccc1NC(=O)c1cc2c(Br)cccc2o1. The number of hydrogen-bond acceptors (Lipinski definition) is 2. The van der Waals surface area contributed by atoms with E-state index in [1.807, 2.05) is 49.4 Å². The van der Waals surface area contributed by atoms with Gasteiger partial charge in [-0.25, -0.2) is 0 Å². The van der Waals surface area contributed by atoms with Crippen LogP contribution >= 0.6 is 15.9 Å². The lowest BCUT2D eigenvalue weighted by Gasteiger charge is -2.05. The zero-order chi connectivity index (χ0) is 14.1. The van der Waals surface area contributed by atoms with Crippen molar-refractivity contribution >= 4 is 38.5 Å². The van der Waals surface area contributed by atoms with Crippen molar-refractivity contribution < 1.29 is 9.21 Å². The summed E-state index contributed by atoms with van der Waals surface area (Å²) in [7, 11) is 0. The first-order chi connectivity index (χ1) is 9.65. The maximum Gasteiger partial charge on any atom is 0.291 e. The molecule has 3 rings (SSSR count). The molecule has 1 N–H and O–H groups in total. The normalized spacial score (nSPS) is 10.7. The van der Waals surface area contributed by atoms with Crippen LogP contribution in [-0.4, -0.2) is 5.91 Å². The van der Waals surface area contributed by atoms with Crippen LogP contribution in [0, 0.1) is 6.92 Å². The number of benzene rings is 2. The Kier molecular flexibility index (Phi) is 3.32. The monoisotopic (exact) mass is 329 g/mol. The fourth-order valence-electron chi connectivity index (χ4n) is 2.03. The molecule has 0 aliphatic heterocycles. The lowest BCUT2D eigenvalue weighted by molar-refractivity contribution is 0.0998. The molecule has 0 saturated carbocycles. The number of hydrogen-bond donors (Lipinski definition) is 1. The van der Waals surface area contributed by atoms with Gasteiger partial charge in [-0.3, -0.25) is 4.79 Å². The highest BCUT2D eigenvalue weighted by Gasteiger charge is 2.14. The van der Waals surface area contributed by atoms with Crippen LogP contribution in [0.3, 0.4) is 0 Å². The number of fused-ring (bicyclic) bond motifs is 1. The van der Waals surface area contributed by atoms with Crippen LogP contribution in [0.5, 0.6) is 0 Å². The molecule has 1 amide bonds. The van der Waals surface area contributed by atoms with Gasteiger partial charge in [-0.05, 0) is 36.8 Å². The molecule has 3 nitrogen and oxygen atoms in total. The van der Waals surface area contributed by atoms with E-state index in [-0.39, 0.29) is 5.91 Å². The minimum atomic E-state index is -0.248. The minimum Gasteiger partial charge on any atom is -0.451 e. The Bertz CT molecular complexity index is 792. The molecule has 2 aromatic carbocycles. The Labute approximate surface area is 124 Å². The summed E-state index contributed by atoms with van der Waals surface area (Å²) in [5.74, 6) is 0.0533. The Balaban J connectivity index is 1.93. The first-order valence-corrected chi connectivity index (χ1v) is 6.99. The Morgan fingerprint density at radius 1 is 1.15 bits per heavy atom. The van der Waals surface area contributed by atoms with Gasteiger partial charge < -0.3 is 9.73 Å². The molecule has 0 unspecified atom stereocenters. The molecule has 1 aromatic heterocycles. The topological polar surface area (TPSA) is 42.2 Å². The van der Waals surface area contributed by atoms with Crippen molar-refractivity contribution in [2.24, 2.45) is 0 Å². The van der Waals surface area contributed by atoms with Gasteiger partial charge in [0.2, 0.25) is 0 Å². The van der Waals surface area contributed by atoms with Gasteiger partial charge in [0.1, 0.15) is 5.58 Å². The van der Waals surface area contributed by atoms with Gasteiger partial charge >= 0.3 is 0 Å². The standard InChI is InChI=1S/C16H12BrNO2/c1-10-5-2-3-7-13(10)18-16(19)15-9-11-12(17)6-4-8-14(11)20-15/h2-9H,1H3,(H,18,19). The van der Waals surface area contributed by atoms with Crippen molar-refractivity contribution in [2.75, 3.05) is 5.32 Å². The molecule has 0 spiro atoms. The molecular formula is C16H12BrNO2. The van der Waals surface area contributed by atoms with E-state index >= 15 is 0 Å². The third kappa shape index (κ3) is 2.34. The van der Waals surface area contributed by atoms with Crippen molar-refractivity contribution in [1.82, 2.24) is 0 Å². The molecule has 20 heavy (non-hydrogen) atoms. The molecule has 4 heteroatoms.